The van der Waals surface area contributed by atoms with E-state index in [1.807, 2.05) is 0 Å². The first-order valence-electron chi connectivity index (χ1n) is 7.92. The molecule has 1 heterocycles. The van der Waals surface area contributed by atoms with Gasteiger partial charge >= 0.3 is 0 Å². The van der Waals surface area contributed by atoms with Crippen LogP contribution in [0.2, 0.25) is 0 Å². The summed E-state index contributed by atoms with van der Waals surface area (Å²) in [5.74, 6) is 0.0491. The number of rotatable bonds is 8. The molecule has 0 unspecified atom stereocenters. The number of nitrogens with one attached hydrogen (secondary N) is 2. The number of nitrogens with two attached hydrogens (primary N) is 1. The highest BCUT2D eigenvalue weighted by Gasteiger charge is 2.26. The standard InChI is InChI=1S/C15H25N5O3.ClH/c1-23-6-5-17-15(22)10-20-9-12(8-18-20)19-14(21)7-11-3-2-4-13(11)16;/h8-9,11,13H,2-7,10,16H2,1H3,(H,17,22)(H,19,21);1H/t11-,13+;/m0./s1. The molecule has 0 radical (unpaired) electrons. The Labute approximate surface area is 147 Å². The molecule has 0 aromatic carbocycles. The van der Waals surface area contributed by atoms with E-state index in [0.717, 1.165) is 19.3 Å². The zero-order valence-corrected chi connectivity index (χ0v) is 14.7. The van der Waals surface area contributed by atoms with Crippen molar-refractivity contribution in [3.63, 3.8) is 0 Å². The van der Waals surface area contributed by atoms with Crippen molar-refractivity contribution in [2.75, 3.05) is 25.6 Å². The maximum atomic E-state index is 12.0. The van der Waals surface area contributed by atoms with Gasteiger partial charge in [-0.25, -0.2) is 0 Å². The summed E-state index contributed by atoms with van der Waals surface area (Å²) < 4.78 is 6.34. The Morgan fingerprint density at radius 2 is 2.21 bits per heavy atom. The van der Waals surface area contributed by atoms with Crippen molar-refractivity contribution in [3.05, 3.63) is 12.4 Å². The third kappa shape index (κ3) is 6.46. The Kier molecular flexibility index (Phi) is 8.73. The first-order valence-corrected chi connectivity index (χ1v) is 7.92. The second kappa shape index (κ2) is 10.3. The minimum absolute atomic E-state index is 0. The van der Waals surface area contributed by atoms with Crippen LogP contribution in [0.5, 0.6) is 0 Å². The summed E-state index contributed by atoms with van der Waals surface area (Å²) in [5, 5.41) is 9.58. The quantitative estimate of drug-likeness (QED) is 0.586. The van der Waals surface area contributed by atoms with E-state index in [1.54, 1.807) is 13.3 Å². The predicted molar refractivity (Wildman–Crippen MR) is 92.9 cm³/mol. The van der Waals surface area contributed by atoms with E-state index in [4.69, 9.17) is 10.5 Å². The van der Waals surface area contributed by atoms with E-state index >= 15 is 0 Å². The average molecular weight is 360 g/mol. The van der Waals surface area contributed by atoms with Gasteiger partial charge in [0.05, 0.1) is 18.5 Å². The molecular weight excluding hydrogens is 334 g/mol. The number of hydrogen-bond acceptors (Lipinski definition) is 5. The third-order valence-corrected chi connectivity index (χ3v) is 4.02. The first kappa shape index (κ1) is 20.4. The highest BCUT2D eigenvalue weighted by molar-refractivity contribution is 5.90. The lowest BCUT2D eigenvalue weighted by Gasteiger charge is -2.14. The summed E-state index contributed by atoms with van der Waals surface area (Å²) in [7, 11) is 1.58. The maximum Gasteiger partial charge on any atom is 0.241 e. The Morgan fingerprint density at radius 1 is 1.42 bits per heavy atom. The van der Waals surface area contributed by atoms with Gasteiger partial charge in [0.2, 0.25) is 11.8 Å². The van der Waals surface area contributed by atoms with E-state index in [-0.39, 0.29) is 42.7 Å². The fourth-order valence-corrected chi connectivity index (χ4v) is 2.78. The van der Waals surface area contributed by atoms with Crippen LogP contribution in [0, 0.1) is 5.92 Å². The Bertz CT molecular complexity index is 537. The number of aromatic nitrogens is 2. The normalized spacial score (nSPS) is 19.6. The minimum atomic E-state index is -0.153. The Balaban J connectivity index is 0.00000288. The zero-order valence-electron chi connectivity index (χ0n) is 13.9. The Morgan fingerprint density at radius 3 is 2.88 bits per heavy atom. The van der Waals surface area contributed by atoms with Crippen LogP contribution < -0.4 is 16.4 Å². The molecular formula is C15H26ClN5O3. The molecule has 1 aliphatic rings. The molecule has 4 N–H and O–H groups in total. The van der Waals surface area contributed by atoms with Crippen LogP contribution in [0.4, 0.5) is 5.69 Å². The number of methoxy groups -OCH3 is 1. The molecule has 8 nitrogen and oxygen atoms in total. The van der Waals surface area contributed by atoms with Gasteiger partial charge in [0.1, 0.15) is 6.54 Å². The molecule has 1 aromatic heterocycles. The molecule has 0 saturated heterocycles. The van der Waals surface area contributed by atoms with E-state index in [0.29, 0.717) is 25.3 Å². The molecule has 0 aliphatic heterocycles. The summed E-state index contributed by atoms with van der Waals surface area (Å²) in [6, 6.07) is 0.124. The van der Waals surface area contributed by atoms with Gasteiger partial charge in [-0.3, -0.25) is 14.3 Å². The molecule has 9 heteroatoms. The number of amides is 2. The summed E-state index contributed by atoms with van der Waals surface area (Å²) in [4.78, 5) is 23.7. The van der Waals surface area contributed by atoms with E-state index < -0.39 is 0 Å². The minimum Gasteiger partial charge on any atom is -0.383 e. The summed E-state index contributed by atoms with van der Waals surface area (Å²) in [6.45, 7) is 1.03. The van der Waals surface area contributed by atoms with Gasteiger partial charge < -0.3 is 21.1 Å². The number of ether oxygens (including phenoxy) is 1. The second-order valence-electron chi connectivity index (χ2n) is 5.88. The molecule has 1 aromatic rings. The summed E-state index contributed by atoms with van der Waals surface area (Å²) in [6.07, 6.45) is 6.71. The molecule has 1 aliphatic carbocycles. The van der Waals surface area contributed by atoms with Crippen molar-refractivity contribution in [3.8, 4) is 0 Å². The van der Waals surface area contributed by atoms with Crippen molar-refractivity contribution in [1.82, 2.24) is 15.1 Å². The molecule has 0 bridgehead atoms. The van der Waals surface area contributed by atoms with Gasteiger partial charge in [0.15, 0.2) is 0 Å². The van der Waals surface area contributed by atoms with E-state index in [1.165, 1.54) is 10.9 Å². The summed E-state index contributed by atoms with van der Waals surface area (Å²) >= 11 is 0. The van der Waals surface area contributed by atoms with Crippen LogP contribution in [0.1, 0.15) is 25.7 Å². The SMILES string of the molecule is COCCNC(=O)Cn1cc(NC(=O)C[C@@H]2CCC[C@H]2N)cn1.Cl. The van der Waals surface area contributed by atoms with Gasteiger partial charge in [0.25, 0.3) is 0 Å². The van der Waals surface area contributed by atoms with Gasteiger partial charge in [-0.15, -0.1) is 12.4 Å². The number of anilines is 1. The molecule has 2 atom stereocenters. The zero-order chi connectivity index (χ0) is 16.7. The largest absolute Gasteiger partial charge is 0.383 e. The molecule has 24 heavy (non-hydrogen) atoms. The lowest BCUT2D eigenvalue weighted by Crippen LogP contribution is -2.30. The van der Waals surface area contributed by atoms with E-state index in [9.17, 15) is 9.59 Å². The smallest absolute Gasteiger partial charge is 0.241 e. The Hall–Kier alpha value is -1.64. The predicted octanol–water partition coefficient (Wildman–Crippen LogP) is 0.524. The van der Waals surface area contributed by atoms with Crippen molar-refractivity contribution in [2.24, 2.45) is 11.7 Å². The van der Waals surface area contributed by atoms with Crippen molar-refractivity contribution in [1.29, 1.82) is 0 Å². The first-order chi connectivity index (χ1) is 11.1. The lowest BCUT2D eigenvalue weighted by atomic mass is 10.00. The number of hydrogen-bond donors (Lipinski definition) is 3. The van der Waals surface area contributed by atoms with Gasteiger partial charge in [-0.05, 0) is 18.8 Å². The van der Waals surface area contributed by atoms with Crippen molar-refractivity contribution >= 4 is 29.9 Å². The third-order valence-electron chi connectivity index (χ3n) is 4.02. The van der Waals surface area contributed by atoms with Gasteiger partial charge in [-0.1, -0.05) is 6.42 Å². The number of nitrogens with zero attached hydrogens (tertiary/aromatic N) is 2. The molecule has 2 amide bonds. The number of halogens is 1. The van der Waals surface area contributed by atoms with Crippen LogP contribution in [0.15, 0.2) is 12.4 Å². The molecule has 1 saturated carbocycles. The van der Waals surface area contributed by atoms with E-state index in [2.05, 4.69) is 15.7 Å². The van der Waals surface area contributed by atoms with Crippen molar-refractivity contribution in [2.45, 2.75) is 38.3 Å². The fraction of sp³-hybridized carbons (Fsp3) is 0.667. The van der Waals surface area contributed by atoms with Crippen LogP contribution in [0.25, 0.3) is 0 Å². The van der Waals surface area contributed by atoms with Crippen LogP contribution in [-0.2, 0) is 20.9 Å². The lowest BCUT2D eigenvalue weighted by molar-refractivity contribution is -0.122. The highest BCUT2D eigenvalue weighted by Crippen LogP contribution is 2.27. The molecule has 136 valence electrons. The number of carbonyl (C=O) groups excluding carboxylic acids is 2. The van der Waals surface area contributed by atoms with Crippen LogP contribution in [0.3, 0.4) is 0 Å². The monoisotopic (exact) mass is 359 g/mol. The second-order valence-corrected chi connectivity index (χ2v) is 5.88. The average Bonchev–Trinajstić information content (AvgIpc) is 3.09. The van der Waals surface area contributed by atoms with Crippen LogP contribution >= 0.6 is 12.4 Å². The van der Waals surface area contributed by atoms with Crippen LogP contribution in [-0.4, -0.2) is 47.9 Å². The summed E-state index contributed by atoms with van der Waals surface area (Å²) in [5.41, 5.74) is 6.57. The topological polar surface area (TPSA) is 111 Å². The van der Waals surface area contributed by atoms with Crippen molar-refractivity contribution < 1.29 is 14.3 Å². The van der Waals surface area contributed by atoms with Gasteiger partial charge in [0, 0.05) is 32.3 Å². The maximum absolute atomic E-state index is 12.0. The molecule has 0 spiro atoms. The highest BCUT2D eigenvalue weighted by atomic mass is 35.5. The molecule has 2 rings (SSSR count). The van der Waals surface area contributed by atoms with Gasteiger partial charge in [-0.2, -0.15) is 5.10 Å². The number of carbonyl (C=O) groups is 2. The molecule has 1 fully saturated rings. The fourth-order valence-electron chi connectivity index (χ4n) is 2.78.